The molecule has 0 bridgehead atoms. The molecule has 1 unspecified atom stereocenters. The Labute approximate surface area is 93.7 Å². The molecule has 0 aromatic heterocycles. The molecule has 0 aliphatic heterocycles. The fourth-order valence-corrected chi connectivity index (χ4v) is 1.30. The lowest BCUT2D eigenvalue weighted by Gasteiger charge is -2.16. The molecule has 0 radical (unpaired) electrons. The number of rotatable bonds is 7. The number of aliphatic imine (C=N–C) groups is 1. The van der Waals surface area contributed by atoms with Crippen LogP contribution in [-0.2, 0) is 0 Å². The summed E-state index contributed by atoms with van der Waals surface area (Å²) in [5.74, 6) is 6.10. The zero-order chi connectivity index (χ0) is 11.5. The lowest BCUT2D eigenvalue weighted by Crippen LogP contribution is -2.45. The Bertz CT molecular complexity index is 168. The fraction of sp³-hybridized carbons (Fsp3) is 0.909. The highest BCUT2D eigenvalue weighted by Gasteiger charge is 2.02. The van der Waals surface area contributed by atoms with Crippen LogP contribution in [0.3, 0.4) is 0 Å². The molecule has 0 aliphatic rings. The third-order valence-electron chi connectivity index (χ3n) is 2.29. The van der Waals surface area contributed by atoms with Crippen LogP contribution in [0.15, 0.2) is 4.99 Å². The first kappa shape index (κ1) is 14.2. The molecule has 0 aromatic rings. The van der Waals surface area contributed by atoms with Gasteiger partial charge < -0.3 is 5.32 Å². The first-order valence-electron chi connectivity index (χ1n) is 6.02. The summed E-state index contributed by atoms with van der Waals surface area (Å²) in [6.45, 7) is 7.35. The summed E-state index contributed by atoms with van der Waals surface area (Å²) in [5.41, 5.74) is 2.61. The topological polar surface area (TPSA) is 62.4 Å². The molecule has 0 aliphatic carbocycles. The second kappa shape index (κ2) is 9.77. The van der Waals surface area contributed by atoms with Gasteiger partial charge in [-0.1, -0.05) is 33.1 Å². The lowest BCUT2D eigenvalue weighted by molar-refractivity contribution is 0.561. The molecule has 4 N–H and O–H groups in total. The number of nitrogens with two attached hydrogens (primary N) is 1. The van der Waals surface area contributed by atoms with Crippen molar-refractivity contribution in [2.45, 2.75) is 58.9 Å². The molecule has 0 saturated heterocycles. The van der Waals surface area contributed by atoms with Gasteiger partial charge in [0.1, 0.15) is 0 Å². The van der Waals surface area contributed by atoms with E-state index in [1.807, 2.05) is 0 Å². The van der Waals surface area contributed by atoms with Gasteiger partial charge in [-0.25, -0.2) is 5.84 Å². The second-order valence-electron chi connectivity index (χ2n) is 3.92. The van der Waals surface area contributed by atoms with Crippen LogP contribution in [0.2, 0.25) is 0 Å². The van der Waals surface area contributed by atoms with Gasteiger partial charge in [0.2, 0.25) is 5.96 Å². The molecule has 0 rings (SSSR count). The highest BCUT2D eigenvalue weighted by atomic mass is 15.3. The Morgan fingerprint density at radius 1 is 1.27 bits per heavy atom. The van der Waals surface area contributed by atoms with Crippen LogP contribution in [0.5, 0.6) is 0 Å². The summed E-state index contributed by atoms with van der Waals surface area (Å²) in [6.07, 6.45) is 5.89. The Morgan fingerprint density at radius 2 is 1.93 bits per heavy atom. The standard InChI is InChI=1S/C11H26N4/c1-4-6-8-10(3)14-11(15-12)13-9-7-5-2/h10H,4-9,12H2,1-3H3,(H2,13,14,15). The van der Waals surface area contributed by atoms with E-state index in [-0.39, 0.29) is 0 Å². The first-order chi connectivity index (χ1) is 7.24. The number of nitrogens with one attached hydrogen (secondary N) is 2. The van der Waals surface area contributed by atoms with E-state index in [1.54, 1.807) is 0 Å². The highest BCUT2D eigenvalue weighted by molar-refractivity contribution is 5.79. The number of hydrazine groups is 1. The number of hydrogen-bond acceptors (Lipinski definition) is 2. The third-order valence-corrected chi connectivity index (χ3v) is 2.29. The van der Waals surface area contributed by atoms with Crippen molar-refractivity contribution in [1.29, 1.82) is 0 Å². The molecule has 4 heteroatoms. The molecule has 4 nitrogen and oxygen atoms in total. The van der Waals surface area contributed by atoms with Gasteiger partial charge in [-0.2, -0.15) is 0 Å². The van der Waals surface area contributed by atoms with Gasteiger partial charge in [0.05, 0.1) is 0 Å². The average molecular weight is 214 g/mol. The monoisotopic (exact) mass is 214 g/mol. The molecule has 0 fully saturated rings. The molecule has 0 heterocycles. The van der Waals surface area contributed by atoms with Crippen molar-refractivity contribution in [3.05, 3.63) is 0 Å². The number of hydrogen-bond donors (Lipinski definition) is 3. The zero-order valence-corrected chi connectivity index (χ0v) is 10.3. The van der Waals surface area contributed by atoms with Crippen LogP contribution < -0.4 is 16.6 Å². The number of guanidine groups is 1. The number of unbranched alkanes of at least 4 members (excludes halogenated alkanes) is 2. The summed E-state index contributed by atoms with van der Waals surface area (Å²) < 4.78 is 0. The maximum absolute atomic E-state index is 5.39. The quantitative estimate of drug-likeness (QED) is 0.199. The Morgan fingerprint density at radius 3 is 2.47 bits per heavy atom. The van der Waals surface area contributed by atoms with Gasteiger partial charge in [0, 0.05) is 12.6 Å². The molecule has 0 spiro atoms. The lowest BCUT2D eigenvalue weighted by atomic mass is 10.1. The summed E-state index contributed by atoms with van der Waals surface area (Å²) in [4.78, 5) is 4.35. The normalized spacial score (nSPS) is 13.7. The van der Waals surface area contributed by atoms with Crippen LogP contribution in [-0.4, -0.2) is 18.5 Å². The maximum atomic E-state index is 5.39. The van der Waals surface area contributed by atoms with Crippen LogP contribution in [0, 0.1) is 0 Å². The predicted octanol–water partition coefficient (Wildman–Crippen LogP) is 1.77. The van der Waals surface area contributed by atoms with Crippen molar-refractivity contribution < 1.29 is 0 Å². The van der Waals surface area contributed by atoms with Crippen molar-refractivity contribution >= 4 is 5.96 Å². The number of nitrogens with zero attached hydrogens (tertiary/aromatic N) is 1. The van der Waals surface area contributed by atoms with Crippen LogP contribution in [0.25, 0.3) is 0 Å². The van der Waals surface area contributed by atoms with Crippen molar-refractivity contribution in [2.24, 2.45) is 10.8 Å². The van der Waals surface area contributed by atoms with Gasteiger partial charge in [-0.15, -0.1) is 0 Å². The van der Waals surface area contributed by atoms with Gasteiger partial charge >= 0.3 is 0 Å². The van der Waals surface area contributed by atoms with E-state index in [1.165, 1.54) is 12.8 Å². The average Bonchev–Trinajstić information content (AvgIpc) is 2.25. The Hall–Kier alpha value is -0.770. The largest absolute Gasteiger partial charge is 0.353 e. The summed E-state index contributed by atoms with van der Waals surface area (Å²) in [5, 5.41) is 3.27. The smallest absolute Gasteiger partial charge is 0.205 e. The molecule has 0 saturated carbocycles. The van der Waals surface area contributed by atoms with E-state index in [9.17, 15) is 0 Å². The van der Waals surface area contributed by atoms with E-state index in [2.05, 4.69) is 36.5 Å². The minimum Gasteiger partial charge on any atom is -0.353 e. The molecule has 1 atom stereocenters. The second-order valence-corrected chi connectivity index (χ2v) is 3.92. The molecule has 90 valence electrons. The van der Waals surface area contributed by atoms with Gasteiger partial charge in [-0.05, 0) is 19.8 Å². The van der Waals surface area contributed by atoms with E-state index >= 15 is 0 Å². The molecular weight excluding hydrogens is 188 g/mol. The minimum atomic E-state index is 0.432. The first-order valence-corrected chi connectivity index (χ1v) is 6.02. The van der Waals surface area contributed by atoms with Crippen molar-refractivity contribution in [3.8, 4) is 0 Å². The van der Waals surface area contributed by atoms with E-state index in [4.69, 9.17) is 5.84 Å². The summed E-state index contributed by atoms with van der Waals surface area (Å²) >= 11 is 0. The molecular formula is C11H26N4. The highest BCUT2D eigenvalue weighted by Crippen LogP contribution is 1.99. The van der Waals surface area contributed by atoms with Crippen molar-refractivity contribution in [3.63, 3.8) is 0 Å². The predicted molar refractivity (Wildman–Crippen MR) is 66.7 cm³/mol. The summed E-state index contributed by atoms with van der Waals surface area (Å²) in [7, 11) is 0. The van der Waals surface area contributed by atoms with Gasteiger partial charge in [0.15, 0.2) is 0 Å². The molecule has 0 aromatic carbocycles. The van der Waals surface area contributed by atoms with Crippen molar-refractivity contribution in [1.82, 2.24) is 10.7 Å². The SMILES string of the molecule is CCCCN=C(NN)NC(C)CCCC. The molecule has 15 heavy (non-hydrogen) atoms. The van der Waals surface area contributed by atoms with Crippen LogP contribution >= 0.6 is 0 Å². The van der Waals surface area contributed by atoms with Crippen LogP contribution in [0.4, 0.5) is 0 Å². The van der Waals surface area contributed by atoms with Gasteiger partial charge in [0.25, 0.3) is 0 Å². The minimum absolute atomic E-state index is 0.432. The van der Waals surface area contributed by atoms with Crippen molar-refractivity contribution in [2.75, 3.05) is 6.54 Å². The van der Waals surface area contributed by atoms with E-state index in [0.717, 1.165) is 25.8 Å². The van der Waals surface area contributed by atoms with E-state index < -0.39 is 0 Å². The van der Waals surface area contributed by atoms with Crippen LogP contribution in [0.1, 0.15) is 52.9 Å². The molecule has 0 amide bonds. The summed E-state index contributed by atoms with van der Waals surface area (Å²) in [6, 6.07) is 0.432. The third kappa shape index (κ3) is 8.24. The fourth-order valence-electron chi connectivity index (χ4n) is 1.30. The Kier molecular flexibility index (Phi) is 9.27. The maximum Gasteiger partial charge on any atom is 0.205 e. The van der Waals surface area contributed by atoms with E-state index in [0.29, 0.717) is 12.0 Å². The van der Waals surface area contributed by atoms with Gasteiger partial charge in [-0.3, -0.25) is 10.4 Å². The Balaban J connectivity index is 3.80. The zero-order valence-electron chi connectivity index (χ0n) is 10.3.